The van der Waals surface area contributed by atoms with Crippen molar-refractivity contribution in [2.45, 2.75) is 62.7 Å². The zero-order valence-electron chi connectivity index (χ0n) is 10.0. The van der Waals surface area contributed by atoms with Gasteiger partial charge in [-0.2, -0.15) is 0 Å². The van der Waals surface area contributed by atoms with Crippen LogP contribution in [0.3, 0.4) is 0 Å². The summed E-state index contributed by atoms with van der Waals surface area (Å²) in [6.07, 6.45) is 8.32. The quantitative estimate of drug-likeness (QED) is 0.735. The minimum Gasteiger partial charge on any atom is -0.391 e. The molecule has 3 aliphatic rings. The topological polar surface area (TPSA) is 32.7 Å². The standard InChI is InChI=1S/C13H23NO2/c15-12-9-13(16-10-12)5-3-4-11(8-13)14-6-1-2-7-14/h11-12,15H,1-10H2/t11-,12?,13+/m1/s1. The van der Waals surface area contributed by atoms with Crippen molar-refractivity contribution < 1.29 is 9.84 Å². The fourth-order valence-corrected chi connectivity index (χ4v) is 3.85. The number of aliphatic hydroxyl groups excluding tert-OH is 1. The summed E-state index contributed by atoms with van der Waals surface area (Å²) < 4.78 is 5.91. The maximum absolute atomic E-state index is 9.66. The summed E-state index contributed by atoms with van der Waals surface area (Å²) >= 11 is 0. The number of likely N-dealkylation sites (tertiary alicyclic amines) is 1. The van der Waals surface area contributed by atoms with E-state index in [2.05, 4.69) is 4.90 Å². The first kappa shape index (κ1) is 11.0. The highest BCUT2D eigenvalue weighted by molar-refractivity contribution is 4.97. The van der Waals surface area contributed by atoms with Gasteiger partial charge in [-0.1, -0.05) is 0 Å². The molecule has 1 aliphatic carbocycles. The molecule has 16 heavy (non-hydrogen) atoms. The molecule has 1 unspecified atom stereocenters. The third-order valence-corrected chi connectivity index (χ3v) is 4.62. The molecule has 1 N–H and O–H groups in total. The number of hydrogen-bond acceptors (Lipinski definition) is 3. The third kappa shape index (κ3) is 2.01. The highest BCUT2D eigenvalue weighted by Gasteiger charge is 2.44. The largest absolute Gasteiger partial charge is 0.391 e. The zero-order chi connectivity index (χ0) is 11.0. The molecular weight excluding hydrogens is 202 g/mol. The Labute approximate surface area is 97.8 Å². The van der Waals surface area contributed by atoms with Gasteiger partial charge < -0.3 is 14.7 Å². The molecular formula is C13H23NO2. The Bertz CT molecular complexity index is 248. The second-order valence-corrected chi connectivity index (χ2v) is 5.85. The molecule has 3 heteroatoms. The Morgan fingerprint density at radius 1 is 1.12 bits per heavy atom. The van der Waals surface area contributed by atoms with Crippen LogP contribution < -0.4 is 0 Å². The van der Waals surface area contributed by atoms with Crippen LogP contribution in [0.4, 0.5) is 0 Å². The average Bonchev–Trinajstić information content (AvgIpc) is 2.89. The highest BCUT2D eigenvalue weighted by atomic mass is 16.5. The molecule has 2 aliphatic heterocycles. The Hall–Kier alpha value is -0.120. The maximum Gasteiger partial charge on any atom is 0.0801 e. The molecule has 92 valence electrons. The van der Waals surface area contributed by atoms with E-state index in [1.54, 1.807) is 0 Å². The summed E-state index contributed by atoms with van der Waals surface area (Å²) in [5, 5.41) is 9.66. The van der Waals surface area contributed by atoms with Gasteiger partial charge in [0, 0.05) is 12.5 Å². The third-order valence-electron chi connectivity index (χ3n) is 4.62. The number of hydrogen-bond donors (Lipinski definition) is 1. The van der Waals surface area contributed by atoms with Crippen LogP contribution in [0, 0.1) is 0 Å². The molecule has 2 heterocycles. The molecule has 1 saturated carbocycles. The number of nitrogens with zero attached hydrogens (tertiary/aromatic N) is 1. The summed E-state index contributed by atoms with van der Waals surface area (Å²) in [5.74, 6) is 0. The monoisotopic (exact) mass is 225 g/mol. The summed E-state index contributed by atoms with van der Waals surface area (Å²) in [6.45, 7) is 3.12. The Morgan fingerprint density at radius 3 is 2.62 bits per heavy atom. The molecule has 0 aromatic heterocycles. The van der Waals surface area contributed by atoms with Crippen molar-refractivity contribution in [1.29, 1.82) is 0 Å². The van der Waals surface area contributed by atoms with E-state index < -0.39 is 0 Å². The van der Waals surface area contributed by atoms with Gasteiger partial charge >= 0.3 is 0 Å². The van der Waals surface area contributed by atoms with Gasteiger partial charge in [0.2, 0.25) is 0 Å². The van der Waals surface area contributed by atoms with Crippen LogP contribution in [0.1, 0.15) is 44.9 Å². The molecule has 0 aromatic carbocycles. The molecule has 0 radical (unpaired) electrons. The molecule has 3 nitrogen and oxygen atoms in total. The number of aliphatic hydroxyl groups is 1. The molecule has 3 rings (SSSR count). The van der Waals surface area contributed by atoms with Crippen LogP contribution in [-0.4, -0.2) is 47.4 Å². The predicted molar refractivity (Wildman–Crippen MR) is 62.4 cm³/mol. The van der Waals surface area contributed by atoms with Crippen molar-refractivity contribution in [3.63, 3.8) is 0 Å². The first-order valence-electron chi connectivity index (χ1n) is 6.84. The van der Waals surface area contributed by atoms with E-state index in [4.69, 9.17) is 4.74 Å². The molecule has 1 spiro atoms. The van der Waals surface area contributed by atoms with Crippen LogP contribution in [0.25, 0.3) is 0 Å². The summed E-state index contributed by atoms with van der Waals surface area (Å²) in [4.78, 5) is 2.65. The van der Waals surface area contributed by atoms with Crippen LogP contribution in [-0.2, 0) is 4.74 Å². The molecule has 3 atom stereocenters. The lowest BCUT2D eigenvalue weighted by atomic mass is 9.79. The van der Waals surface area contributed by atoms with Crippen LogP contribution in [0.5, 0.6) is 0 Å². The van der Waals surface area contributed by atoms with Crippen molar-refractivity contribution >= 4 is 0 Å². The summed E-state index contributed by atoms with van der Waals surface area (Å²) in [7, 11) is 0. The van der Waals surface area contributed by atoms with Crippen LogP contribution in [0.15, 0.2) is 0 Å². The van der Waals surface area contributed by atoms with Gasteiger partial charge in [0.25, 0.3) is 0 Å². The first-order valence-corrected chi connectivity index (χ1v) is 6.84. The van der Waals surface area contributed by atoms with E-state index in [0.717, 1.165) is 25.3 Å². The maximum atomic E-state index is 9.66. The fraction of sp³-hybridized carbons (Fsp3) is 1.00. The minimum atomic E-state index is -0.211. The fourth-order valence-electron chi connectivity index (χ4n) is 3.85. The lowest BCUT2D eigenvalue weighted by Gasteiger charge is -2.41. The van der Waals surface area contributed by atoms with Crippen molar-refractivity contribution in [2.24, 2.45) is 0 Å². The lowest BCUT2D eigenvalue weighted by molar-refractivity contribution is -0.0490. The van der Waals surface area contributed by atoms with Gasteiger partial charge in [0.1, 0.15) is 0 Å². The van der Waals surface area contributed by atoms with Crippen LogP contribution >= 0.6 is 0 Å². The molecule has 2 saturated heterocycles. The van der Waals surface area contributed by atoms with Crippen molar-refractivity contribution in [2.75, 3.05) is 19.7 Å². The van der Waals surface area contributed by atoms with Gasteiger partial charge in [-0.25, -0.2) is 0 Å². The van der Waals surface area contributed by atoms with Gasteiger partial charge in [-0.3, -0.25) is 0 Å². The Kier molecular flexibility index (Phi) is 2.94. The molecule has 0 amide bonds. The lowest BCUT2D eigenvalue weighted by Crippen LogP contribution is -2.44. The van der Waals surface area contributed by atoms with E-state index in [9.17, 15) is 5.11 Å². The summed E-state index contributed by atoms with van der Waals surface area (Å²) in [6, 6.07) is 0.724. The number of ether oxygens (including phenoxy) is 1. The van der Waals surface area contributed by atoms with Gasteiger partial charge in [-0.15, -0.1) is 0 Å². The Balaban J connectivity index is 1.65. The number of rotatable bonds is 1. The molecule has 3 fully saturated rings. The van der Waals surface area contributed by atoms with Gasteiger partial charge in [0.15, 0.2) is 0 Å². The molecule has 0 bridgehead atoms. The van der Waals surface area contributed by atoms with Crippen molar-refractivity contribution in [3.8, 4) is 0 Å². The highest BCUT2D eigenvalue weighted by Crippen LogP contribution is 2.41. The molecule has 0 aromatic rings. The second kappa shape index (κ2) is 4.28. The van der Waals surface area contributed by atoms with Crippen LogP contribution in [0.2, 0.25) is 0 Å². The van der Waals surface area contributed by atoms with Gasteiger partial charge in [-0.05, 0) is 51.6 Å². The smallest absolute Gasteiger partial charge is 0.0801 e. The zero-order valence-corrected chi connectivity index (χ0v) is 10.0. The Morgan fingerprint density at radius 2 is 1.94 bits per heavy atom. The van der Waals surface area contributed by atoms with Crippen molar-refractivity contribution in [3.05, 3.63) is 0 Å². The van der Waals surface area contributed by atoms with E-state index >= 15 is 0 Å². The van der Waals surface area contributed by atoms with E-state index in [1.807, 2.05) is 0 Å². The second-order valence-electron chi connectivity index (χ2n) is 5.85. The minimum absolute atomic E-state index is 0.0327. The normalized spacial score (nSPS) is 45.6. The van der Waals surface area contributed by atoms with Gasteiger partial charge in [0.05, 0.1) is 18.3 Å². The first-order chi connectivity index (χ1) is 7.77. The predicted octanol–water partition coefficient (Wildman–Crippen LogP) is 1.54. The van der Waals surface area contributed by atoms with E-state index in [1.165, 1.54) is 38.8 Å². The van der Waals surface area contributed by atoms with E-state index in [-0.39, 0.29) is 11.7 Å². The average molecular weight is 225 g/mol. The summed E-state index contributed by atoms with van der Waals surface area (Å²) in [5.41, 5.74) is 0.0327. The van der Waals surface area contributed by atoms with Crippen molar-refractivity contribution in [1.82, 2.24) is 4.90 Å². The SMILES string of the molecule is OC1CO[C@]2(CCC[C@@H](N3CCCC3)C2)C1. The van der Waals surface area contributed by atoms with E-state index in [0.29, 0.717) is 6.61 Å².